The van der Waals surface area contributed by atoms with Crippen molar-refractivity contribution in [3.05, 3.63) is 29.6 Å². The number of benzene rings is 1. The Labute approximate surface area is 107 Å². The summed E-state index contributed by atoms with van der Waals surface area (Å²) in [4.78, 5) is 10.9. The van der Waals surface area contributed by atoms with E-state index in [2.05, 4.69) is 0 Å². The molecule has 100 valence electrons. The van der Waals surface area contributed by atoms with Gasteiger partial charge in [0.2, 0.25) is 0 Å². The molecule has 0 aliphatic carbocycles. The van der Waals surface area contributed by atoms with Gasteiger partial charge in [-0.25, -0.2) is 4.39 Å². The van der Waals surface area contributed by atoms with Gasteiger partial charge in [-0.15, -0.1) is 0 Å². The Morgan fingerprint density at radius 2 is 2.11 bits per heavy atom. The number of carboxylic acid groups (broad SMARTS) is 1. The Bertz CT molecular complexity index is 427. The fourth-order valence-corrected chi connectivity index (χ4v) is 1.54. The quantitative estimate of drug-likeness (QED) is 0.791. The second kappa shape index (κ2) is 5.85. The summed E-state index contributed by atoms with van der Waals surface area (Å²) in [5, 5.41) is 8.94. The van der Waals surface area contributed by atoms with Crippen LogP contribution in [0.3, 0.4) is 0 Å². The third kappa shape index (κ3) is 3.72. The molecule has 0 amide bonds. The van der Waals surface area contributed by atoms with Crippen LogP contribution in [0.2, 0.25) is 0 Å². The van der Waals surface area contributed by atoms with Crippen molar-refractivity contribution in [2.75, 3.05) is 6.61 Å². The van der Waals surface area contributed by atoms with Crippen molar-refractivity contribution in [3.8, 4) is 5.75 Å². The summed E-state index contributed by atoms with van der Waals surface area (Å²) in [5.41, 5.74) is -0.229. The maximum atomic E-state index is 13.6. The predicted octanol–water partition coefficient (Wildman–Crippen LogP) is 3.40. The Balaban J connectivity index is 2.43. The van der Waals surface area contributed by atoms with Crippen LogP contribution in [0.25, 0.3) is 0 Å². The summed E-state index contributed by atoms with van der Waals surface area (Å²) in [6.07, 6.45) is 1.07. The number of aliphatic carboxylic acids is 1. The van der Waals surface area contributed by atoms with Gasteiger partial charge < -0.3 is 9.84 Å². The van der Waals surface area contributed by atoms with E-state index in [1.54, 1.807) is 39.0 Å². The number of carboxylic acids is 1. The smallest absolute Gasteiger partial charge is 0.309 e. The van der Waals surface area contributed by atoms with Gasteiger partial charge in [0.15, 0.2) is 11.6 Å². The molecule has 1 N–H and O–H groups in total. The molecule has 0 aromatic heterocycles. The van der Waals surface area contributed by atoms with Crippen molar-refractivity contribution in [2.45, 2.75) is 33.6 Å². The number of carbonyl (C=O) groups is 1. The molecule has 0 saturated heterocycles. The SMILES string of the molecule is Cc1cccc(OCCCC(C)(C)C(=O)O)c1F. The van der Waals surface area contributed by atoms with Crippen molar-refractivity contribution in [1.82, 2.24) is 0 Å². The molecule has 1 rings (SSSR count). The average Bonchev–Trinajstić information content (AvgIpc) is 2.29. The largest absolute Gasteiger partial charge is 0.491 e. The molecule has 0 fully saturated rings. The number of hydrogen-bond donors (Lipinski definition) is 1. The minimum Gasteiger partial charge on any atom is -0.491 e. The van der Waals surface area contributed by atoms with Crippen molar-refractivity contribution >= 4 is 5.97 Å². The van der Waals surface area contributed by atoms with Crippen LogP contribution in [0.5, 0.6) is 5.75 Å². The lowest BCUT2D eigenvalue weighted by atomic mass is 9.88. The van der Waals surface area contributed by atoms with Crippen LogP contribution in [0.15, 0.2) is 18.2 Å². The highest BCUT2D eigenvalue weighted by Crippen LogP contribution is 2.24. The predicted molar refractivity (Wildman–Crippen MR) is 67.3 cm³/mol. The standard InChI is InChI=1S/C14H19FO3/c1-10-6-4-7-11(12(10)15)18-9-5-8-14(2,3)13(16)17/h4,6-7H,5,8-9H2,1-3H3,(H,16,17). The molecule has 1 aromatic rings. The number of rotatable bonds is 6. The van der Waals surface area contributed by atoms with Crippen molar-refractivity contribution < 1.29 is 19.0 Å². The zero-order chi connectivity index (χ0) is 13.8. The highest BCUT2D eigenvalue weighted by molar-refractivity contribution is 5.73. The van der Waals surface area contributed by atoms with E-state index in [1.165, 1.54) is 0 Å². The number of hydrogen-bond acceptors (Lipinski definition) is 2. The van der Waals surface area contributed by atoms with Gasteiger partial charge in [-0.1, -0.05) is 12.1 Å². The van der Waals surface area contributed by atoms with Gasteiger partial charge in [0.05, 0.1) is 12.0 Å². The summed E-state index contributed by atoms with van der Waals surface area (Å²) < 4.78 is 18.9. The summed E-state index contributed by atoms with van der Waals surface area (Å²) in [6.45, 7) is 5.33. The van der Waals surface area contributed by atoms with E-state index in [4.69, 9.17) is 9.84 Å². The molecule has 0 unspecified atom stereocenters. The van der Waals surface area contributed by atoms with E-state index in [-0.39, 0.29) is 11.6 Å². The fourth-order valence-electron chi connectivity index (χ4n) is 1.54. The van der Waals surface area contributed by atoms with Crippen LogP contribution in [0.1, 0.15) is 32.3 Å². The van der Waals surface area contributed by atoms with Crippen molar-refractivity contribution in [1.29, 1.82) is 0 Å². The lowest BCUT2D eigenvalue weighted by molar-refractivity contribution is -0.147. The molecule has 3 nitrogen and oxygen atoms in total. The summed E-state index contributed by atoms with van der Waals surface area (Å²) in [5.74, 6) is -0.956. The Morgan fingerprint density at radius 1 is 1.44 bits per heavy atom. The lowest BCUT2D eigenvalue weighted by Gasteiger charge is -2.18. The Hall–Kier alpha value is -1.58. The highest BCUT2D eigenvalue weighted by Gasteiger charge is 2.26. The van der Waals surface area contributed by atoms with Gasteiger partial charge in [-0.05, 0) is 45.2 Å². The second-order valence-corrected chi connectivity index (χ2v) is 5.03. The van der Waals surface area contributed by atoms with Crippen LogP contribution in [-0.4, -0.2) is 17.7 Å². The molecule has 18 heavy (non-hydrogen) atoms. The summed E-state index contributed by atoms with van der Waals surface area (Å²) in [7, 11) is 0. The van der Waals surface area contributed by atoms with E-state index < -0.39 is 11.4 Å². The third-order valence-corrected chi connectivity index (χ3v) is 2.94. The zero-order valence-corrected chi connectivity index (χ0v) is 11.0. The van der Waals surface area contributed by atoms with Gasteiger partial charge in [0, 0.05) is 0 Å². The van der Waals surface area contributed by atoms with Gasteiger partial charge in [-0.2, -0.15) is 0 Å². The van der Waals surface area contributed by atoms with Crippen molar-refractivity contribution in [2.24, 2.45) is 5.41 Å². The minimum absolute atomic E-state index is 0.225. The monoisotopic (exact) mass is 254 g/mol. The maximum Gasteiger partial charge on any atom is 0.309 e. The number of ether oxygens (including phenoxy) is 1. The molecular formula is C14H19FO3. The first-order chi connectivity index (χ1) is 8.34. The fraction of sp³-hybridized carbons (Fsp3) is 0.500. The number of aryl methyl sites for hydroxylation is 1. The topological polar surface area (TPSA) is 46.5 Å². The Kier molecular flexibility index (Phi) is 4.70. The molecule has 0 aliphatic rings. The molecule has 0 atom stereocenters. The first-order valence-corrected chi connectivity index (χ1v) is 5.96. The molecule has 0 radical (unpaired) electrons. The molecule has 1 aromatic carbocycles. The highest BCUT2D eigenvalue weighted by atomic mass is 19.1. The molecule has 0 heterocycles. The van der Waals surface area contributed by atoms with Crippen molar-refractivity contribution in [3.63, 3.8) is 0 Å². The minimum atomic E-state index is -0.829. The third-order valence-electron chi connectivity index (χ3n) is 2.94. The number of halogens is 1. The molecule has 0 bridgehead atoms. The second-order valence-electron chi connectivity index (χ2n) is 5.03. The van der Waals surface area contributed by atoms with Crippen LogP contribution >= 0.6 is 0 Å². The van der Waals surface area contributed by atoms with Gasteiger partial charge in [0.1, 0.15) is 0 Å². The molecular weight excluding hydrogens is 235 g/mol. The maximum absolute atomic E-state index is 13.6. The lowest BCUT2D eigenvalue weighted by Crippen LogP contribution is -2.24. The normalized spacial score (nSPS) is 11.3. The molecule has 4 heteroatoms. The zero-order valence-electron chi connectivity index (χ0n) is 11.0. The van der Waals surface area contributed by atoms with E-state index in [0.717, 1.165) is 0 Å². The van der Waals surface area contributed by atoms with Crippen LogP contribution in [0, 0.1) is 18.2 Å². The molecule has 0 spiro atoms. The van der Waals surface area contributed by atoms with Gasteiger partial charge >= 0.3 is 5.97 Å². The van der Waals surface area contributed by atoms with Crippen LogP contribution in [-0.2, 0) is 4.79 Å². The van der Waals surface area contributed by atoms with Gasteiger partial charge in [0.25, 0.3) is 0 Å². The Morgan fingerprint density at radius 3 is 2.72 bits per heavy atom. The summed E-state index contributed by atoms with van der Waals surface area (Å²) >= 11 is 0. The van der Waals surface area contributed by atoms with E-state index in [9.17, 15) is 9.18 Å². The average molecular weight is 254 g/mol. The molecule has 0 saturated carbocycles. The van der Waals surface area contributed by atoms with Crippen LogP contribution < -0.4 is 4.74 Å². The first-order valence-electron chi connectivity index (χ1n) is 5.96. The van der Waals surface area contributed by atoms with E-state index in [1.807, 2.05) is 0 Å². The first kappa shape index (κ1) is 14.5. The van der Waals surface area contributed by atoms with Gasteiger partial charge in [-0.3, -0.25) is 4.79 Å². The molecule has 0 aliphatic heterocycles. The van der Waals surface area contributed by atoms with E-state index >= 15 is 0 Å². The summed E-state index contributed by atoms with van der Waals surface area (Å²) in [6, 6.07) is 4.98. The van der Waals surface area contributed by atoms with Crippen LogP contribution in [0.4, 0.5) is 4.39 Å². The van der Waals surface area contributed by atoms with E-state index in [0.29, 0.717) is 25.0 Å².